The molecule has 4 aromatic rings. The molecule has 0 atom stereocenters. The number of ketones is 1. The zero-order valence-corrected chi connectivity index (χ0v) is 21.4. The Labute approximate surface area is 221 Å². The van der Waals surface area contributed by atoms with E-state index in [1.54, 1.807) is 13.0 Å². The lowest BCUT2D eigenvalue weighted by Gasteiger charge is -2.13. The molecule has 3 N–H and O–H groups in total. The smallest absolute Gasteiger partial charge is 0.229 e. The van der Waals surface area contributed by atoms with Crippen LogP contribution in [0.25, 0.3) is 11.8 Å². The standard InChI is InChI=1S/C27H21F3N4O4S/c1-14-7-18(38-24-6-4-3-5-20(24)28)12-22(30)25(14)34-27(31)19(13-32-34)26(35)17-8-15-10-21(29)23(11-16(15)9-17)33-39(2,36)37/h3-7,9-13,33H,8,31H2,1-2H3. The number of Topliss-reactive ketones (excluding diaryl/α,β-unsaturated/α-hetero) is 1. The van der Waals surface area contributed by atoms with Gasteiger partial charge in [-0.3, -0.25) is 9.52 Å². The molecule has 5 rings (SSSR count). The Hall–Kier alpha value is -4.58. The van der Waals surface area contributed by atoms with Gasteiger partial charge in [-0.2, -0.15) is 5.10 Å². The summed E-state index contributed by atoms with van der Waals surface area (Å²) in [4.78, 5) is 13.3. The Bertz CT molecular complexity index is 1780. The highest BCUT2D eigenvalue weighted by Gasteiger charge is 2.26. The monoisotopic (exact) mass is 554 g/mol. The number of nitrogen functional groups attached to an aromatic ring is 1. The Morgan fingerprint density at radius 1 is 1.08 bits per heavy atom. The van der Waals surface area contributed by atoms with E-state index in [4.69, 9.17) is 10.5 Å². The maximum atomic E-state index is 15.2. The molecule has 39 heavy (non-hydrogen) atoms. The van der Waals surface area contributed by atoms with Gasteiger partial charge in [0.2, 0.25) is 10.0 Å². The number of para-hydroxylation sites is 1. The molecule has 0 unspecified atom stereocenters. The number of anilines is 2. The highest BCUT2D eigenvalue weighted by atomic mass is 32.2. The minimum atomic E-state index is -3.71. The first kappa shape index (κ1) is 26.0. The Balaban J connectivity index is 1.42. The first-order chi connectivity index (χ1) is 18.4. The fourth-order valence-corrected chi connectivity index (χ4v) is 4.91. The lowest BCUT2D eigenvalue weighted by atomic mass is 10.0. The number of nitrogens with two attached hydrogens (primary N) is 1. The zero-order valence-electron chi connectivity index (χ0n) is 20.6. The Morgan fingerprint density at radius 2 is 1.82 bits per heavy atom. The van der Waals surface area contributed by atoms with Gasteiger partial charge in [0.15, 0.2) is 23.2 Å². The van der Waals surface area contributed by atoms with E-state index in [0.29, 0.717) is 16.7 Å². The van der Waals surface area contributed by atoms with Gasteiger partial charge in [-0.1, -0.05) is 12.1 Å². The van der Waals surface area contributed by atoms with Crippen molar-refractivity contribution in [3.8, 4) is 17.2 Å². The molecule has 0 saturated heterocycles. The van der Waals surface area contributed by atoms with Gasteiger partial charge >= 0.3 is 0 Å². The third kappa shape index (κ3) is 5.10. The molecule has 8 nitrogen and oxygen atoms in total. The number of hydrogen-bond acceptors (Lipinski definition) is 6. The average molecular weight is 555 g/mol. The van der Waals surface area contributed by atoms with E-state index in [-0.39, 0.29) is 46.2 Å². The van der Waals surface area contributed by atoms with E-state index in [9.17, 15) is 22.0 Å². The van der Waals surface area contributed by atoms with Crippen LogP contribution in [0.3, 0.4) is 0 Å². The number of rotatable bonds is 7. The number of carbonyl (C=O) groups excluding carboxylic acids is 1. The molecule has 1 aliphatic rings. The summed E-state index contributed by atoms with van der Waals surface area (Å²) in [5, 5.41) is 4.11. The SMILES string of the molecule is Cc1cc(Oc2ccccc2F)cc(F)c1-n1ncc(C(=O)C2=Cc3cc(NS(C)(=O)=O)c(F)cc3C2)c1N. The molecular formula is C27H21F3N4O4S. The minimum Gasteiger partial charge on any atom is -0.454 e. The molecule has 0 amide bonds. The number of aromatic nitrogens is 2. The van der Waals surface area contributed by atoms with E-state index in [2.05, 4.69) is 9.82 Å². The number of carbonyl (C=O) groups is 1. The highest BCUT2D eigenvalue weighted by Crippen LogP contribution is 2.34. The van der Waals surface area contributed by atoms with E-state index in [1.165, 1.54) is 42.6 Å². The molecule has 1 heterocycles. The molecule has 200 valence electrons. The van der Waals surface area contributed by atoms with E-state index in [0.717, 1.165) is 23.1 Å². The van der Waals surface area contributed by atoms with Gasteiger partial charge in [-0.05, 0) is 60.0 Å². The van der Waals surface area contributed by atoms with E-state index < -0.39 is 33.3 Å². The molecule has 1 aromatic heterocycles. The van der Waals surface area contributed by atoms with Crippen LogP contribution < -0.4 is 15.2 Å². The van der Waals surface area contributed by atoms with Gasteiger partial charge in [0.05, 0.1) is 23.7 Å². The predicted molar refractivity (Wildman–Crippen MR) is 140 cm³/mol. The number of fused-ring (bicyclic) bond motifs is 1. The summed E-state index contributed by atoms with van der Waals surface area (Å²) in [7, 11) is -3.71. The van der Waals surface area contributed by atoms with E-state index in [1.807, 2.05) is 0 Å². The second-order valence-corrected chi connectivity index (χ2v) is 10.8. The van der Waals surface area contributed by atoms with Gasteiger partial charge in [-0.25, -0.2) is 26.3 Å². The number of nitrogens with one attached hydrogen (secondary N) is 1. The second kappa shape index (κ2) is 9.62. The topological polar surface area (TPSA) is 116 Å². The van der Waals surface area contributed by atoms with Crippen LogP contribution in [0.5, 0.6) is 11.5 Å². The highest BCUT2D eigenvalue weighted by molar-refractivity contribution is 7.92. The summed E-state index contributed by atoms with van der Waals surface area (Å²) in [6, 6.07) is 10.7. The molecule has 0 spiro atoms. The van der Waals surface area contributed by atoms with Gasteiger partial charge in [0, 0.05) is 18.1 Å². The second-order valence-electron chi connectivity index (χ2n) is 9.04. The van der Waals surface area contributed by atoms with Crippen molar-refractivity contribution in [1.82, 2.24) is 9.78 Å². The lowest BCUT2D eigenvalue weighted by molar-refractivity contribution is 0.103. The number of allylic oxidation sites excluding steroid dienone is 1. The van der Waals surface area contributed by atoms with Crippen LogP contribution in [0.4, 0.5) is 24.7 Å². The largest absolute Gasteiger partial charge is 0.454 e. The molecule has 0 saturated carbocycles. The zero-order chi connectivity index (χ0) is 28.1. The lowest BCUT2D eigenvalue weighted by Crippen LogP contribution is -2.11. The van der Waals surface area contributed by atoms with Gasteiger partial charge in [0.25, 0.3) is 0 Å². The molecule has 0 radical (unpaired) electrons. The molecule has 12 heteroatoms. The molecule has 0 aliphatic heterocycles. The van der Waals surface area contributed by atoms with Crippen molar-refractivity contribution in [1.29, 1.82) is 0 Å². The summed E-state index contributed by atoms with van der Waals surface area (Å²) in [5.74, 6) is -2.76. The van der Waals surface area contributed by atoms with Crippen LogP contribution in [-0.4, -0.2) is 30.2 Å². The van der Waals surface area contributed by atoms with Crippen molar-refractivity contribution in [2.45, 2.75) is 13.3 Å². The molecule has 0 fully saturated rings. The van der Waals surface area contributed by atoms with Crippen molar-refractivity contribution in [3.63, 3.8) is 0 Å². The molecule has 0 bridgehead atoms. The third-order valence-electron chi connectivity index (χ3n) is 6.08. The van der Waals surface area contributed by atoms with Crippen LogP contribution in [0.15, 0.2) is 60.3 Å². The van der Waals surface area contributed by atoms with Gasteiger partial charge < -0.3 is 10.5 Å². The number of aryl methyl sites for hydroxylation is 1. The Morgan fingerprint density at radius 3 is 2.51 bits per heavy atom. The summed E-state index contributed by atoms with van der Waals surface area (Å²) in [5.41, 5.74) is 7.58. The maximum absolute atomic E-state index is 15.2. The summed E-state index contributed by atoms with van der Waals surface area (Å²) in [6.07, 6.45) is 3.72. The third-order valence-corrected chi connectivity index (χ3v) is 6.67. The number of nitrogens with zero attached hydrogens (tertiary/aromatic N) is 2. The fraction of sp³-hybridized carbons (Fsp3) is 0.111. The van der Waals surface area contributed by atoms with Crippen LogP contribution >= 0.6 is 0 Å². The number of halogens is 3. The first-order valence-corrected chi connectivity index (χ1v) is 13.4. The van der Waals surface area contributed by atoms with Crippen LogP contribution in [0.2, 0.25) is 0 Å². The van der Waals surface area contributed by atoms with Crippen molar-refractivity contribution in [2.24, 2.45) is 0 Å². The quantitative estimate of drug-likeness (QED) is 0.305. The average Bonchev–Trinajstić information content (AvgIpc) is 3.42. The van der Waals surface area contributed by atoms with Crippen molar-refractivity contribution in [3.05, 3.63) is 100 Å². The fourth-order valence-electron chi connectivity index (χ4n) is 4.36. The molecular weight excluding hydrogens is 533 g/mol. The maximum Gasteiger partial charge on any atom is 0.229 e. The Kier molecular flexibility index (Phi) is 6.43. The number of sulfonamides is 1. The van der Waals surface area contributed by atoms with Crippen LogP contribution in [0, 0.1) is 24.4 Å². The molecule has 3 aromatic carbocycles. The van der Waals surface area contributed by atoms with Crippen molar-refractivity contribution in [2.75, 3.05) is 16.7 Å². The predicted octanol–water partition coefficient (Wildman–Crippen LogP) is 5.17. The van der Waals surface area contributed by atoms with Gasteiger partial charge in [-0.15, -0.1) is 0 Å². The van der Waals surface area contributed by atoms with E-state index >= 15 is 4.39 Å². The summed E-state index contributed by atoms with van der Waals surface area (Å²) >= 11 is 0. The summed E-state index contributed by atoms with van der Waals surface area (Å²) < 4.78 is 75.2. The van der Waals surface area contributed by atoms with Crippen molar-refractivity contribution < 1.29 is 31.1 Å². The number of ether oxygens (including phenoxy) is 1. The van der Waals surface area contributed by atoms with Crippen LogP contribution in [0.1, 0.15) is 27.0 Å². The number of benzene rings is 3. The first-order valence-electron chi connectivity index (χ1n) is 11.5. The van der Waals surface area contributed by atoms with Gasteiger partial charge in [0.1, 0.15) is 23.1 Å². The summed E-state index contributed by atoms with van der Waals surface area (Å²) in [6.45, 7) is 1.59. The van der Waals surface area contributed by atoms with Crippen molar-refractivity contribution >= 4 is 33.4 Å². The number of hydrogen-bond donors (Lipinski definition) is 2. The normalized spacial score (nSPS) is 12.7. The molecule has 1 aliphatic carbocycles. The van der Waals surface area contributed by atoms with Crippen LogP contribution in [-0.2, 0) is 16.4 Å². The minimum absolute atomic E-state index is 0.00879.